The SMILES string of the molecule is Cl.N[C@@H](COc1ccc(F)cc1)CC(=O)OCc1ccccc1. The molecule has 2 N–H and O–H groups in total. The van der Waals surface area contributed by atoms with E-state index in [9.17, 15) is 9.18 Å². The van der Waals surface area contributed by atoms with Crippen LogP contribution in [0.1, 0.15) is 12.0 Å². The lowest BCUT2D eigenvalue weighted by molar-refractivity contribution is -0.145. The van der Waals surface area contributed by atoms with Crippen molar-refractivity contribution in [2.24, 2.45) is 5.73 Å². The number of esters is 1. The van der Waals surface area contributed by atoms with Crippen molar-refractivity contribution in [3.63, 3.8) is 0 Å². The third-order valence-corrected chi connectivity index (χ3v) is 2.95. The van der Waals surface area contributed by atoms with Crippen molar-refractivity contribution < 1.29 is 18.7 Å². The highest BCUT2D eigenvalue weighted by Crippen LogP contribution is 2.11. The summed E-state index contributed by atoms with van der Waals surface area (Å²) < 4.78 is 23.3. The van der Waals surface area contributed by atoms with Crippen LogP contribution in [0.2, 0.25) is 0 Å². The first-order valence-electron chi connectivity index (χ1n) is 6.97. The van der Waals surface area contributed by atoms with Gasteiger partial charge in [-0.05, 0) is 29.8 Å². The van der Waals surface area contributed by atoms with Gasteiger partial charge in [-0.15, -0.1) is 12.4 Å². The van der Waals surface area contributed by atoms with Gasteiger partial charge in [0.2, 0.25) is 0 Å². The van der Waals surface area contributed by atoms with E-state index in [0.717, 1.165) is 5.56 Å². The highest BCUT2D eigenvalue weighted by Gasteiger charge is 2.12. The molecule has 0 heterocycles. The molecule has 4 nitrogen and oxygen atoms in total. The van der Waals surface area contributed by atoms with Crippen molar-refractivity contribution in [1.29, 1.82) is 0 Å². The predicted octanol–water partition coefficient (Wildman–Crippen LogP) is 3.09. The Morgan fingerprint density at radius 2 is 1.74 bits per heavy atom. The van der Waals surface area contributed by atoms with E-state index < -0.39 is 6.04 Å². The number of rotatable bonds is 7. The molecule has 0 fully saturated rings. The Bertz CT molecular complexity index is 593. The fourth-order valence-electron chi connectivity index (χ4n) is 1.80. The number of hydrogen-bond acceptors (Lipinski definition) is 4. The monoisotopic (exact) mass is 339 g/mol. The number of ether oxygens (including phenoxy) is 2. The molecule has 0 aromatic heterocycles. The van der Waals surface area contributed by atoms with Gasteiger partial charge in [0, 0.05) is 6.04 Å². The number of nitrogens with two attached hydrogens (primary N) is 1. The maximum absolute atomic E-state index is 12.7. The normalized spacial score (nSPS) is 11.2. The Morgan fingerprint density at radius 3 is 2.39 bits per heavy atom. The predicted molar refractivity (Wildman–Crippen MR) is 88.0 cm³/mol. The van der Waals surface area contributed by atoms with Crippen molar-refractivity contribution in [1.82, 2.24) is 0 Å². The Labute approximate surface area is 140 Å². The molecule has 23 heavy (non-hydrogen) atoms. The van der Waals surface area contributed by atoms with E-state index in [2.05, 4.69) is 0 Å². The summed E-state index contributed by atoms with van der Waals surface area (Å²) in [5.74, 6) is -0.199. The van der Waals surface area contributed by atoms with Gasteiger partial charge in [0.15, 0.2) is 0 Å². The average molecular weight is 340 g/mol. The molecule has 0 amide bonds. The highest BCUT2D eigenvalue weighted by atomic mass is 35.5. The minimum atomic E-state index is -0.478. The fraction of sp³-hybridized carbons (Fsp3) is 0.235. The summed E-state index contributed by atoms with van der Waals surface area (Å²) in [7, 11) is 0. The van der Waals surface area contributed by atoms with Crippen LogP contribution in [0.25, 0.3) is 0 Å². The third kappa shape index (κ3) is 7.13. The van der Waals surface area contributed by atoms with Crippen LogP contribution in [-0.4, -0.2) is 18.6 Å². The molecule has 0 bridgehead atoms. The molecule has 0 aliphatic heterocycles. The lowest BCUT2D eigenvalue weighted by Gasteiger charge is -2.13. The lowest BCUT2D eigenvalue weighted by atomic mass is 10.2. The second-order valence-electron chi connectivity index (χ2n) is 4.88. The summed E-state index contributed by atoms with van der Waals surface area (Å²) >= 11 is 0. The first-order valence-corrected chi connectivity index (χ1v) is 6.97. The molecule has 0 saturated carbocycles. The van der Waals surface area contributed by atoms with Gasteiger partial charge in [0.1, 0.15) is 24.8 Å². The molecule has 2 aromatic rings. The van der Waals surface area contributed by atoms with E-state index >= 15 is 0 Å². The average Bonchev–Trinajstić information content (AvgIpc) is 2.53. The van der Waals surface area contributed by atoms with E-state index in [4.69, 9.17) is 15.2 Å². The molecule has 124 valence electrons. The van der Waals surface area contributed by atoms with Crippen molar-refractivity contribution in [3.05, 3.63) is 66.0 Å². The third-order valence-electron chi connectivity index (χ3n) is 2.95. The van der Waals surface area contributed by atoms with Gasteiger partial charge in [0.05, 0.1) is 6.42 Å². The second-order valence-corrected chi connectivity index (χ2v) is 4.88. The van der Waals surface area contributed by atoms with Crippen molar-refractivity contribution in [3.8, 4) is 5.75 Å². The molecule has 0 radical (unpaired) electrons. The molecule has 6 heteroatoms. The summed E-state index contributed by atoms with van der Waals surface area (Å²) in [5.41, 5.74) is 6.74. The number of benzene rings is 2. The van der Waals surface area contributed by atoms with Gasteiger partial charge >= 0.3 is 5.97 Å². The van der Waals surface area contributed by atoms with Crippen LogP contribution in [0.4, 0.5) is 4.39 Å². The van der Waals surface area contributed by atoms with Gasteiger partial charge in [0.25, 0.3) is 0 Å². The van der Waals surface area contributed by atoms with Crippen LogP contribution < -0.4 is 10.5 Å². The molecule has 2 aromatic carbocycles. The highest BCUT2D eigenvalue weighted by molar-refractivity contribution is 5.85. The molecule has 1 atom stereocenters. The minimum Gasteiger partial charge on any atom is -0.492 e. The molecule has 0 unspecified atom stereocenters. The fourth-order valence-corrected chi connectivity index (χ4v) is 1.80. The van der Waals surface area contributed by atoms with Crippen molar-refractivity contribution in [2.75, 3.05) is 6.61 Å². The van der Waals surface area contributed by atoms with Gasteiger partial charge in [-0.3, -0.25) is 4.79 Å². The zero-order chi connectivity index (χ0) is 15.8. The zero-order valence-electron chi connectivity index (χ0n) is 12.5. The first-order chi connectivity index (χ1) is 10.6. The van der Waals surface area contributed by atoms with Crippen LogP contribution in [0.3, 0.4) is 0 Å². The molecule has 0 saturated heterocycles. The molecule has 0 spiro atoms. The maximum atomic E-state index is 12.7. The van der Waals surface area contributed by atoms with Crippen molar-refractivity contribution in [2.45, 2.75) is 19.1 Å². The molecule has 2 rings (SSSR count). The summed E-state index contributed by atoms with van der Waals surface area (Å²) in [5, 5.41) is 0. The van der Waals surface area contributed by atoms with Crippen LogP contribution >= 0.6 is 12.4 Å². The smallest absolute Gasteiger partial charge is 0.307 e. The van der Waals surface area contributed by atoms with Crippen molar-refractivity contribution >= 4 is 18.4 Å². The Kier molecular flexibility index (Phi) is 8.08. The summed E-state index contributed by atoms with van der Waals surface area (Å²) in [6.07, 6.45) is 0.0635. The lowest BCUT2D eigenvalue weighted by Crippen LogP contribution is -2.31. The standard InChI is InChI=1S/C17H18FNO3.ClH/c18-14-6-8-16(9-7-14)21-12-15(19)10-17(20)22-11-13-4-2-1-3-5-13;/h1-9,15H,10-12,19H2;1H/t15-;/m1./s1. The number of hydrogen-bond donors (Lipinski definition) is 1. The van der Waals surface area contributed by atoms with E-state index in [-0.39, 0.29) is 43.8 Å². The van der Waals surface area contributed by atoms with Gasteiger partial charge < -0.3 is 15.2 Å². The molecular formula is C17H19ClFNO3. The van der Waals surface area contributed by atoms with E-state index in [1.807, 2.05) is 30.3 Å². The number of carbonyl (C=O) groups is 1. The maximum Gasteiger partial charge on any atom is 0.307 e. The van der Waals surface area contributed by atoms with Crippen LogP contribution in [-0.2, 0) is 16.1 Å². The molecular weight excluding hydrogens is 321 g/mol. The molecule has 0 aliphatic rings. The first kappa shape index (κ1) is 18.9. The quantitative estimate of drug-likeness (QED) is 0.787. The minimum absolute atomic E-state index is 0. The van der Waals surface area contributed by atoms with Gasteiger partial charge in [-0.2, -0.15) is 0 Å². The number of halogens is 2. The summed E-state index contributed by atoms with van der Waals surface area (Å²) in [4.78, 5) is 11.7. The van der Waals surface area contributed by atoms with E-state index in [1.54, 1.807) is 0 Å². The largest absolute Gasteiger partial charge is 0.492 e. The Morgan fingerprint density at radius 1 is 1.09 bits per heavy atom. The van der Waals surface area contributed by atoms with Gasteiger partial charge in [-0.1, -0.05) is 30.3 Å². The van der Waals surface area contributed by atoms with E-state index in [0.29, 0.717) is 5.75 Å². The van der Waals surface area contributed by atoms with Gasteiger partial charge in [-0.25, -0.2) is 4.39 Å². The van der Waals surface area contributed by atoms with E-state index in [1.165, 1.54) is 24.3 Å². The second kappa shape index (κ2) is 9.82. The Balaban J connectivity index is 0.00000264. The van der Waals surface area contributed by atoms with Crippen LogP contribution in [0, 0.1) is 5.82 Å². The number of carbonyl (C=O) groups excluding carboxylic acids is 1. The molecule has 0 aliphatic carbocycles. The summed E-state index contributed by atoms with van der Waals surface area (Å²) in [6.45, 7) is 0.386. The Hall–Kier alpha value is -2.11. The summed E-state index contributed by atoms with van der Waals surface area (Å²) in [6, 6.07) is 14.6. The van der Waals surface area contributed by atoms with Crippen LogP contribution in [0.5, 0.6) is 5.75 Å². The van der Waals surface area contributed by atoms with Crippen LogP contribution in [0.15, 0.2) is 54.6 Å². The zero-order valence-corrected chi connectivity index (χ0v) is 13.3. The topological polar surface area (TPSA) is 61.5 Å².